The van der Waals surface area contributed by atoms with Crippen molar-refractivity contribution in [2.45, 2.75) is 50.9 Å². The summed E-state index contributed by atoms with van der Waals surface area (Å²) in [4.78, 5) is 22.3. The number of alkyl carbamates (subject to hydrolysis) is 1. The number of amides is 2. The highest BCUT2D eigenvalue weighted by atomic mass is 19.3. The van der Waals surface area contributed by atoms with Crippen LogP contribution in [0, 0.1) is 0 Å². The van der Waals surface area contributed by atoms with Crippen molar-refractivity contribution < 1.29 is 28.2 Å². The van der Waals surface area contributed by atoms with Gasteiger partial charge in [0.1, 0.15) is 12.7 Å². The molecule has 0 bridgehead atoms. The monoisotopic (exact) mass is 387 g/mol. The first-order chi connectivity index (χ1) is 12.7. The molecule has 0 heterocycles. The van der Waals surface area contributed by atoms with E-state index in [0.717, 1.165) is 12.5 Å². The van der Waals surface area contributed by atoms with Crippen LogP contribution in [0.15, 0.2) is 30.3 Å². The van der Waals surface area contributed by atoms with Crippen molar-refractivity contribution in [1.82, 2.24) is 10.6 Å². The highest BCUT2D eigenvalue weighted by molar-refractivity contribution is 5.72. The van der Waals surface area contributed by atoms with Crippen LogP contribution in [0.4, 0.5) is 13.6 Å². The maximum Gasteiger partial charge on any atom is 0.407 e. The number of rotatable bonds is 11. The lowest BCUT2D eigenvalue weighted by molar-refractivity contribution is -0.130. The number of aliphatic hydroxyl groups excluding tert-OH is 1. The van der Waals surface area contributed by atoms with Crippen molar-refractivity contribution in [3.05, 3.63) is 35.9 Å². The van der Waals surface area contributed by atoms with Crippen LogP contribution in [0.5, 0.6) is 0 Å². The van der Waals surface area contributed by atoms with Crippen LogP contribution in [0.3, 0.4) is 0 Å². The van der Waals surface area contributed by atoms with Crippen LogP contribution in [0.2, 0.25) is 0 Å². The molecule has 2 atom stereocenters. The van der Waals surface area contributed by atoms with Gasteiger partial charge in [0, 0.05) is 19.5 Å². The van der Waals surface area contributed by atoms with Gasteiger partial charge >= 0.3 is 6.09 Å². The second-order valence-corrected chi connectivity index (χ2v) is 6.26. The number of carbonyl (C=O) groups is 2. The lowest BCUT2D eigenvalue weighted by Gasteiger charge is -2.27. The van der Waals surface area contributed by atoms with Crippen molar-refractivity contribution in [3.8, 4) is 0 Å². The molecule has 0 aliphatic rings. The van der Waals surface area contributed by atoms with E-state index in [-0.39, 0.29) is 13.0 Å². The molecule has 152 valence electrons. The number of hydrogen-bond acceptors (Lipinski definition) is 5. The van der Waals surface area contributed by atoms with Crippen molar-refractivity contribution in [1.29, 1.82) is 0 Å². The number of nitrogens with two attached hydrogens (primary N) is 1. The van der Waals surface area contributed by atoms with Gasteiger partial charge in [-0.3, -0.25) is 4.79 Å². The zero-order valence-electron chi connectivity index (χ0n) is 15.3. The van der Waals surface area contributed by atoms with Crippen LogP contribution in [-0.4, -0.2) is 48.3 Å². The maximum atomic E-state index is 13.7. The number of unbranched alkanes of at least 4 members (excludes halogenated alkanes) is 1. The molecule has 0 radical (unpaired) electrons. The molecular weight excluding hydrogens is 360 g/mol. The molecule has 1 aromatic rings. The Bertz CT molecular complexity index is 587. The lowest BCUT2D eigenvalue weighted by Crippen LogP contribution is -2.52. The minimum Gasteiger partial charge on any atom is -0.445 e. The zero-order valence-corrected chi connectivity index (χ0v) is 15.3. The smallest absolute Gasteiger partial charge is 0.407 e. The van der Waals surface area contributed by atoms with Gasteiger partial charge in [-0.1, -0.05) is 36.8 Å². The highest BCUT2D eigenvalue weighted by Crippen LogP contribution is 2.21. The van der Waals surface area contributed by atoms with Gasteiger partial charge in [-0.15, -0.1) is 0 Å². The summed E-state index contributed by atoms with van der Waals surface area (Å²) in [5, 5.41) is 14.2. The normalized spacial score (nSPS) is 13.5. The molecule has 1 aromatic carbocycles. The third-order valence-electron chi connectivity index (χ3n) is 3.86. The fraction of sp³-hybridized carbons (Fsp3) is 0.556. The summed E-state index contributed by atoms with van der Waals surface area (Å²) < 4.78 is 32.5. The summed E-state index contributed by atoms with van der Waals surface area (Å²) >= 11 is 0. The van der Waals surface area contributed by atoms with E-state index in [1.807, 2.05) is 35.6 Å². The number of benzene rings is 1. The van der Waals surface area contributed by atoms with Crippen molar-refractivity contribution in [2.24, 2.45) is 5.73 Å². The minimum atomic E-state index is -3.51. The summed E-state index contributed by atoms with van der Waals surface area (Å²) in [5.41, 5.74) is 6.48. The molecule has 0 spiro atoms. The zero-order chi connectivity index (χ0) is 20.3. The van der Waals surface area contributed by atoms with E-state index in [4.69, 9.17) is 10.5 Å². The number of ether oxygens (including phenoxy) is 1. The molecule has 2 unspecified atom stereocenters. The van der Waals surface area contributed by atoms with Crippen molar-refractivity contribution in [2.75, 3.05) is 13.1 Å². The molecular formula is C18H27F2N3O4. The van der Waals surface area contributed by atoms with Crippen LogP contribution in [0.25, 0.3) is 0 Å². The number of nitrogens with one attached hydrogen (secondary N) is 2. The van der Waals surface area contributed by atoms with E-state index < -0.39 is 36.6 Å². The lowest BCUT2D eigenvalue weighted by atomic mass is 9.99. The highest BCUT2D eigenvalue weighted by Gasteiger charge is 2.41. The van der Waals surface area contributed by atoms with Crippen LogP contribution in [0.1, 0.15) is 31.7 Å². The molecule has 0 fully saturated rings. The molecule has 27 heavy (non-hydrogen) atoms. The minimum absolute atomic E-state index is 0.150. The Labute approximate surface area is 157 Å². The molecule has 2 amide bonds. The quantitative estimate of drug-likeness (QED) is 0.430. The van der Waals surface area contributed by atoms with Gasteiger partial charge in [-0.05, 0) is 18.4 Å². The summed E-state index contributed by atoms with van der Waals surface area (Å²) in [5.74, 6) is -4.12. The van der Waals surface area contributed by atoms with Gasteiger partial charge in [0.15, 0.2) is 0 Å². The predicted molar refractivity (Wildman–Crippen MR) is 96.1 cm³/mol. The molecule has 7 nitrogen and oxygen atoms in total. The van der Waals surface area contributed by atoms with E-state index in [9.17, 15) is 23.5 Å². The third-order valence-corrected chi connectivity index (χ3v) is 3.86. The third kappa shape index (κ3) is 9.30. The number of alkyl halides is 2. The van der Waals surface area contributed by atoms with Crippen LogP contribution in [-0.2, 0) is 16.1 Å². The second-order valence-electron chi connectivity index (χ2n) is 6.26. The molecule has 0 aliphatic heterocycles. The van der Waals surface area contributed by atoms with Gasteiger partial charge in [0.2, 0.25) is 5.91 Å². The largest absolute Gasteiger partial charge is 0.445 e. The fourth-order valence-electron chi connectivity index (χ4n) is 2.29. The van der Waals surface area contributed by atoms with Crippen molar-refractivity contribution >= 4 is 12.0 Å². The van der Waals surface area contributed by atoms with Gasteiger partial charge in [-0.25, -0.2) is 13.6 Å². The Kier molecular flexibility index (Phi) is 9.66. The summed E-state index contributed by atoms with van der Waals surface area (Å²) in [6.45, 7) is 0.609. The second kappa shape index (κ2) is 11.5. The summed E-state index contributed by atoms with van der Waals surface area (Å²) in [7, 11) is 0. The first-order valence-electron chi connectivity index (χ1n) is 8.73. The maximum absolute atomic E-state index is 13.7. The van der Waals surface area contributed by atoms with E-state index in [1.165, 1.54) is 0 Å². The number of aliphatic hydroxyl groups is 1. The van der Waals surface area contributed by atoms with E-state index in [0.29, 0.717) is 19.4 Å². The molecule has 0 aromatic heterocycles. The summed E-state index contributed by atoms with van der Waals surface area (Å²) in [6.07, 6.45) is -1.54. The SMILES string of the molecule is CC(=O)NCC(F)(F)C(O)C(N)CCCCNC(=O)OCc1ccccc1. The van der Waals surface area contributed by atoms with Crippen LogP contribution >= 0.6 is 0 Å². The molecule has 0 aliphatic carbocycles. The van der Waals surface area contributed by atoms with Crippen LogP contribution < -0.4 is 16.4 Å². The fourth-order valence-corrected chi connectivity index (χ4v) is 2.29. The molecule has 9 heteroatoms. The number of carbonyl (C=O) groups excluding carboxylic acids is 2. The Morgan fingerprint density at radius 3 is 2.52 bits per heavy atom. The first kappa shape index (κ1) is 22.8. The molecule has 1 rings (SSSR count). The average Bonchev–Trinajstić information content (AvgIpc) is 2.64. The van der Waals surface area contributed by atoms with E-state index in [2.05, 4.69) is 5.32 Å². The van der Waals surface area contributed by atoms with E-state index in [1.54, 1.807) is 0 Å². The Morgan fingerprint density at radius 1 is 1.22 bits per heavy atom. The molecule has 5 N–H and O–H groups in total. The average molecular weight is 387 g/mol. The Balaban J connectivity index is 2.17. The molecule has 0 saturated heterocycles. The topological polar surface area (TPSA) is 114 Å². The van der Waals surface area contributed by atoms with Crippen molar-refractivity contribution in [3.63, 3.8) is 0 Å². The molecule has 0 saturated carbocycles. The van der Waals surface area contributed by atoms with Gasteiger partial charge in [0.25, 0.3) is 5.92 Å². The van der Waals surface area contributed by atoms with E-state index >= 15 is 0 Å². The Hall–Kier alpha value is -2.26. The van der Waals surface area contributed by atoms with Gasteiger partial charge in [0.05, 0.1) is 6.54 Å². The van der Waals surface area contributed by atoms with Gasteiger partial charge < -0.3 is 26.2 Å². The standard InChI is InChI=1S/C18H27F2N3O4/c1-13(24)23-12-18(19,20)16(25)15(21)9-5-6-10-22-17(26)27-11-14-7-3-2-4-8-14/h2-4,7-8,15-16,25H,5-6,9-12,21H2,1H3,(H,22,26)(H,23,24). The summed E-state index contributed by atoms with van der Waals surface area (Å²) in [6, 6.07) is 8.07. The number of halogens is 2. The first-order valence-corrected chi connectivity index (χ1v) is 8.73. The Morgan fingerprint density at radius 2 is 1.89 bits per heavy atom. The number of hydrogen-bond donors (Lipinski definition) is 4. The van der Waals surface area contributed by atoms with Gasteiger partial charge in [-0.2, -0.15) is 0 Å². The predicted octanol–water partition coefficient (Wildman–Crippen LogP) is 1.54.